The number of para-hydroxylation sites is 1. The Labute approximate surface area is 123 Å². The van der Waals surface area contributed by atoms with E-state index in [0.717, 1.165) is 0 Å². The van der Waals surface area contributed by atoms with Gasteiger partial charge in [0.1, 0.15) is 5.82 Å². The highest BCUT2D eigenvalue weighted by Crippen LogP contribution is 2.33. The van der Waals surface area contributed by atoms with Crippen LogP contribution in [0.25, 0.3) is 0 Å². The molecule has 0 unspecified atom stereocenters. The lowest BCUT2D eigenvalue weighted by Gasteiger charge is -2.11. The van der Waals surface area contributed by atoms with Crippen molar-refractivity contribution in [3.8, 4) is 0 Å². The molecule has 2 rings (SSSR count). The fourth-order valence-corrected chi connectivity index (χ4v) is 2.25. The Morgan fingerprint density at radius 1 is 1.33 bits per heavy atom. The number of nitrogens with zero attached hydrogens (tertiary/aromatic N) is 1. The normalized spacial score (nSPS) is 10.6. The Bertz CT molecular complexity index is 666. The molecule has 1 heterocycles. The monoisotopic (exact) mass is 310 g/mol. The molecule has 5 nitrogen and oxygen atoms in total. The van der Waals surface area contributed by atoms with E-state index in [9.17, 15) is 13.6 Å². The molecule has 8 heteroatoms. The van der Waals surface area contributed by atoms with Crippen LogP contribution in [0.3, 0.4) is 0 Å². The van der Waals surface area contributed by atoms with Gasteiger partial charge in [-0.25, -0.2) is 4.98 Å². The summed E-state index contributed by atoms with van der Waals surface area (Å²) in [6, 6.07) is 7.92. The molecular weight excluding hydrogens is 298 g/mol. The number of aromatic nitrogens is 1. The lowest BCUT2D eigenvalue weighted by molar-refractivity contribution is 0.100. The molecular formula is C13H12F2N4OS. The third-order valence-electron chi connectivity index (χ3n) is 2.57. The van der Waals surface area contributed by atoms with Gasteiger partial charge in [0.2, 0.25) is 0 Å². The molecule has 110 valence electrons. The van der Waals surface area contributed by atoms with Crippen molar-refractivity contribution < 1.29 is 13.6 Å². The fourth-order valence-electron chi connectivity index (χ4n) is 1.65. The largest absolute Gasteiger partial charge is 0.397 e. The van der Waals surface area contributed by atoms with Gasteiger partial charge in [-0.2, -0.15) is 8.78 Å². The molecule has 0 aliphatic heterocycles. The van der Waals surface area contributed by atoms with Crippen molar-refractivity contribution >= 4 is 34.9 Å². The number of hydrogen-bond donors (Lipinski definition) is 3. The summed E-state index contributed by atoms with van der Waals surface area (Å²) in [5, 5.41) is 2.87. The second kappa shape index (κ2) is 6.40. The Hall–Kier alpha value is -2.35. The summed E-state index contributed by atoms with van der Waals surface area (Å²) in [5.74, 6) is -2.93. The average Bonchev–Trinajstić information content (AvgIpc) is 2.42. The number of nitrogens with two attached hydrogens (primary N) is 2. The summed E-state index contributed by atoms with van der Waals surface area (Å²) < 4.78 is 25.0. The molecule has 2 aromatic rings. The van der Waals surface area contributed by atoms with E-state index >= 15 is 0 Å². The molecule has 5 N–H and O–H groups in total. The zero-order chi connectivity index (χ0) is 15.4. The SMILES string of the molecule is NC(=O)c1cc(Nc2ccccc2SC(F)F)ncc1N. The Morgan fingerprint density at radius 2 is 2.05 bits per heavy atom. The standard InChI is InChI=1S/C13H12F2N4OS/c14-13(15)21-10-4-2-1-3-9(10)19-11-5-7(12(17)20)8(16)6-18-11/h1-6,13H,16H2,(H2,17,20)(H,18,19). The minimum absolute atomic E-state index is 0.117. The lowest BCUT2D eigenvalue weighted by Crippen LogP contribution is -2.14. The number of thioether (sulfide) groups is 1. The highest BCUT2D eigenvalue weighted by atomic mass is 32.2. The van der Waals surface area contributed by atoms with Gasteiger partial charge in [-0.15, -0.1) is 0 Å². The summed E-state index contributed by atoms with van der Waals surface area (Å²) in [6.45, 7) is 0. The van der Waals surface area contributed by atoms with Crippen LogP contribution in [0.1, 0.15) is 10.4 Å². The Kier molecular flexibility index (Phi) is 4.59. The van der Waals surface area contributed by atoms with Gasteiger partial charge < -0.3 is 16.8 Å². The number of halogens is 2. The first-order chi connectivity index (χ1) is 9.97. The quantitative estimate of drug-likeness (QED) is 0.738. The molecule has 0 saturated heterocycles. The number of pyridine rings is 1. The smallest absolute Gasteiger partial charge is 0.288 e. The number of anilines is 3. The first-order valence-corrected chi connectivity index (χ1v) is 6.71. The van der Waals surface area contributed by atoms with E-state index in [0.29, 0.717) is 28.2 Å². The van der Waals surface area contributed by atoms with Crippen LogP contribution in [0.5, 0.6) is 0 Å². The van der Waals surface area contributed by atoms with Crippen molar-refractivity contribution in [2.24, 2.45) is 5.73 Å². The topological polar surface area (TPSA) is 94.0 Å². The highest BCUT2D eigenvalue weighted by molar-refractivity contribution is 7.99. The van der Waals surface area contributed by atoms with Crippen molar-refractivity contribution in [1.82, 2.24) is 4.98 Å². The maximum absolute atomic E-state index is 12.5. The van der Waals surface area contributed by atoms with Gasteiger partial charge in [-0.05, 0) is 18.2 Å². The Morgan fingerprint density at radius 3 is 2.71 bits per heavy atom. The van der Waals surface area contributed by atoms with E-state index < -0.39 is 11.7 Å². The van der Waals surface area contributed by atoms with E-state index in [4.69, 9.17) is 11.5 Å². The van der Waals surface area contributed by atoms with Crippen LogP contribution in [-0.4, -0.2) is 16.6 Å². The number of rotatable bonds is 5. The molecule has 21 heavy (non-hydrogen) atoms. The zero-order valence-electron chi connectivity index (χ0n) is 10.7. The average molecular weight is 310 g/mol. The summed E-state index contributed by atoms with van der Waals surface area (Å²) in [5.41, 5.74) is 11.5. The van der Waals surface area contributed by atoms with Crippen LogP contribution in [-0.2, 0) is 0 Å². The molecule has 0 radical (unpaired) electrons. The van der Waals surface area contributed by atoms with E-state index in [-0.39, 0.29) is 11.3 Å². The minimum atomic E-state index is -2.53. The van der Waals surface area contributed by atoms with Crippen LogP contribution in [0.15, 0.2) is 41.4 Å². The molecule has 0 bridgehead atoms. The van der Waals surface area contributed by atoms with Gasteiger partial charge in [0.05, 0.1) is 23.1 Å². The summed E-state index contributed by atoms with van der Waals surface area (Å²) in [6.07, 6.45) is 1.28. The summed E-state index contributed by atoms with van der Waals surface area (Å²) in [7, 11) is 0. The molecule has 1 aromatic carbocycles. The predicted molar refractivity (Wildman–Crippen MR) is 78.8 cm³/mol. The minimum Gasteiger partial charge on any atom is -0.397 e. The van der Waals surface area contributed by atoms with Gasteiger partial charge >= 0.3 is 0 Å². The second-order valence-electron chi connectivity index (χ2n) is 4.02. The molecule has 0 spiro atoms. The lowest BCUT2D eigenvalue weighted by atomic mass is 10.2. The van der Waals surface area contributed by atoms with E-state index in [2.05, 4.69) is 10.3 Å². The first kappa shape index (κ1) is 15.0. The maximum atomic E-state index is 12.5. The number of primary amides is 1. The molecule has 0 aliphatic rings. The number of amides is 1. The number of nitrogen functional groups attached to an aromatic ring is 1. The van der Waals surface area contributed by atoms with Gasteiger partial charge in [0.25, 0.3) is 11.7 Å². The number of hydrogen-bond acceptors (Lipinski definition) is 5. The van der Waals surface area contributed by atoms with Crippen LogP contribution < -0.4 is 16.8 Å². The third-order valence-corrected chi connectivity index (χ3v) is 3.35. The number of alkyl halides is 2. The van der Waals surface area contributed by atoms with Crippen LogP contribution >= 0.6 is 11.8 Å². The van der Waals surface area contributed by atoms with Crippen molar-refractivity contribution in [2.45, 2.75) is 10.7 Å². The summed E-state index contributed by atoms with van der Waals surface area (Å²) in [4.78, 5) is 15.6. The highest BCUT2D eigenvalue weighted by Gasteiger charge is 2.12. The van der Waals surface area contributed by atoms with Crippen LogP contribution in [0, 0.1) is 0 Å². The molecule has 1 aromatic heterocycles. The van der Waals surface area contributed by atoms with Gasteiger partial charge in [-0.3, -0.25) is 4.79 Å². The Balaban J connectivity index is 2.30. The first-order valence-electron chi connectivity index (χ1n) is 5.83. The van der Waals surface area contributed by atoms with Crippen LogP contribution in [0.4, 0.5) is 26.0 Å². The molecule has 0 fully saturated rings. The zero-order valence-corrected chi connectivity index (χ0v) is 11.5. The summed E-state index contributed by atoms with van der Waals surface area (Å²) >= 11 is 0.418. The van der Waals surface area contributed by atoms with Crippen molar-refractivity contribution in [1.29, 1.82) is 0 Å². The second-order valence-corrected chi connectivity index (χ2v) is 5.05. The van der Waals surface area contributed by atoms with Crippen molar-refractivity contribution in [2.75, 3.05) is 11.1 Å². The molecule has 1 amide bonds. The predicted octanol–water partition coefficient (Wildman–Crippen LogP) is 2.82. The number of nitrogens with one attached hydrogen (secondary N) is 1. The number of benzene rings is 1. The van der Waals surface area contributed by atoms with E-state index in [1.54, 1.807) is 24.3 Å². The number of carbonyl (C=O) groups excluding carboxylic acids is 1. The van der Waals surface area contributed by atoms with Gasteiger partial charge in [0.15, 0.2) is 0 Å². The molecule has 0 aliphatic carbocycles. The number of carbonyl (C=O) groups is 1. The molecule has 0 atom stereocenters. The van der Waals surface area contributed by atoms with Crippen molar-refractivity contribution in [3.05, 3.63) is 42.1 Å². The third kappa shape index (κ3) is 3.82. The van der Waals surface area contributed by atoms with E-state index in [1.807, 2.05) is 0 Å². The van der Waals surface area contributed by atoms with Gasteiger partial charge in [0, 0.05) is 4.90 Å². The van der Waals surface area contributed by atoms with Crippen molar-refractivity contribution in [3.63, 3.8) is 0 Å². The maximum Gasteiger partial charge on any atom is 0.288 e. The van der Waals surface area contributed by atoms with Gasteiger partial charge in [-0.1, -0.05) is 23.9 Å². The van der Waals surface area contributed by atoms with E-state index in [1.165, 1.54) is 12.3 Å². The fraction of sp³-hybridized carbons (Fsp3) is 0.0769. The van der Waals surface area contributed by atoms with Crippen LogP contribution in [0.2, 0.25) is 0 Å². The molecule has 0 saturated carbocycles.